The second kappa shape index (κ2) is 9.38. The van der Waals surface area contributed by atoms with E-state index < -0.39 is 11.7 Å². The summed E-state index contributed by atoms with van der Waals surface area (Å²) in [5, 5.41) is 4.78. The van der Waals surface area contributed by atoms with Crippen LogP contribution in [0.2, 0.25) is 5.15 Å². The molecule has 4 rings (SSSR count). The molecule has 9 heteroatoms. The van der Waals surface area contributed by atoms with Gasteiger partial charge in [-0.1, -0.05) is 49.7 Å². The molecule has 1 aromatic carbocycles. The molecule has 1 amide bonds. The Bertz CT molecular complexity index is 1300. The quantitative estimate of drug-likeness (QED) is 0.332. The van der Waals surface area contributed by atoms with Crippen molar-refractivity contribution in [1.29, 1.82) is 0 Å². The topological polar surface area (TPSA) is 85.5 Å². The first-order chi connectivity index (χ1) is 16.1. The van der Waals surface area contributed by atoms with E-state index in [1.54, 1.807) is 35.2 Å². The van der Waals surface area contributed by atoms with E-state index in [2.05, 4.69) is 33.9 Å². The minimum Gasteiger partial charge on any atom is -0.443 e. The average Bonchev–Trinajstić information content (AvgIpc) is 3.21. The van der Waals surface area contributed by atoms with Gasteiger partial charge in [0.1, 0.15) is 16.6 Å². The zero-order chi connectivity index (χ0) is 24.5. The maximum Gasteiger partial charge on any atom is 0.416 e. The molecule has 3 aromatic heterocycles. The number of rotatable bonds is 5. The maximum atomic E-state index is 13.3. The Hall–Kier alpha value is -3.52. The van der Waals surface area contributed by atoms with Gasteiger partial charge in [0.15, 0.2) is 11.5 Å². The molecule has 0 fully saturated rings. The number of hydrogen-bond acceptors (Lipinski definition) is 6. The number of fused-ring (bicyclic) bond motifs is 1. The van der Waals surface area contributed by atoms with Gasteiger partial charge in [-0.15, -0.1) is 0 Å². The molecule has 0 bridgehead atoms. The molecular weight excluding hydrogens is 452 g/mol. The largest absolute Gasteiger partial charge is 0.443 e. The van der Waals surface area contributed by atoms with Crippen LogP contribution in [0.15, 0.2) is 55.0 Å². The summed E-state index contributed by atoms with van der Waals surface area (Å²) in [6.45, 7) is 9.86. The van der Waals surface area contributed by atoms with Crippen molar-refractivity contribution in [2.45, 2.75) is 52.7 Å². The van der Waals surface area contributed by atoms with Crippen molar-refractivity contribution in [2.75, 3.05) is 4.90 Å². The SMILES string of the molecule is CC(C)c1cnn2c(N(Cc3ccc(-c4ncccn4)cc3)C(=O)OC(C)(C)C)cc(Cl)nc12. The molecule has 0 atom stereocenters. The fourth-order valence-corrected chi connectivity index (χ4v) is 3.66. The van der Waals surface area contributed by atoms with Crippen molar-refractivity contribution in [1.82, 2.24) is 24.6 Å². The summed E-state index contributed by atoms with van der Waals surface area (Å²) in [5.74, 6) is 1.31. The van der Waals surface area contributed by atoms with E-state index >= 15 is 0 Å². The molecule has 0 N–H and O–H groups in total. The lowest BCUT2D eigenvalue weighted by atomic mass is 10.1. The zero-order valence-corrected chi connectivity index (χ0v) is 20.6. The van der Waals surface area contributed by atoms with Crippen LogP contribution >= 0.6 is 11.6 Å². The second-order valence-corrected chi connectivity index (χ2v) is 9.65. The average molecular weight is 479 g/mol. The first-order valence-corrected chi connectivity index (χ1v) is 11.4. The number of carbonyl (C=O) groups is 1. The number of ether oxygens (including phenoxy) is 1. The molecule has 0 aliphatic carbocycles. The summed E-state index contributed by atoms with van der Waals surface area (Å²) in [6, 6.07) is 11.1. The van der Waals surface area contributed by atoms with Gasteiger partial charge in [0.2, 0.25) is 0 Å². The van der Waals surface area contributed by atoms with Gasteiger partial charge in [0.05, 0.1) is 12.7 Å². The fourth-order valence-electron chi connectivity index (χ4n) is 3.48. The van der Waals surface area contributed by atoms with Crippen LogP contribution in [-0.2, 0) is 11.3 Å². The molecule has 0 saturated heterocycles. The van der Waals surface area contributed by atoms with E-state index in [0.29, 0.717) is 17.3 Å². The molecule has 8 nitrogen and oxygen atoms in total. The Morgan fingerprint density at radius 3 is 2.44 bits per heavy atom. The standard InChI is InChI=1S/C25H27ClN6O2/c1-16(2)19-14-29-32-21(13-20(26)30-23(19)32)31(24(33)34-25(3,4)5)15-17-7-9-18(10-8-17)22-27-11-6-12-28-22/h6-14,16H,15H2,1-5H3. The fraction of sp³-hybridized carbons (Fsp3) is 0.320. The third-order valence-corrected chi connectivity index (χ3v) is 5.27. The lowest BCUT2D eigenvalue weighted by Crippen LogP contribution is -2.37. The smallest absolute Gasteiger partial charge is 0.416 e. The molecule has 3 heterocycles. The van der Waals surface area contributed by atoms with Gasteiger partial charge in [-0.05, 0) is 38.3 Å². The molecule has 176 valence electrons. The Kier molecular flexibility index (Phi) is 6.52. The minimum absolute atomic E-state index is 0.194. The van der Waals surface area contributed by atoms with Crippen molar-refractivity contribution in [3.05, 3.63) is 71.3 Å². The molecule has 0 spiro atoms. The Morgan fingerprint density at radius 2 is 1.82 bits per heavy atom. The van der Waals surface area contributed by atoms with Crippen molar-refractivity contribution >= 4 is 29.2 Å². The molecule has 4 aromatic rings. The highest BCUT2D eigenvalue weighted by molar-refractivity contribution is 6.29. The highest BCUT2D eigenvalue weighted by Gasteiger charge is 2.27. The number of halogens is 1. The summed E-state index contributed by atoms with van der Waals surface area (Å²) in [4.78, 5) is 27.9. The van der Waals surface area contributed by atoms with Gasteiger partial charge < -0.3 is 4.74 Å². The van der Waals surface area contributed by atoms with Crippen LogP contribution in [-0.4, -0.2) is 36.3 Å². The van der Waals surface area contributed by atoms with Crippen molar-refractivity contribution in [2.24, 2.45) is 0 Å². The third kappa shape index (κ3) is 5.17. The number of amides is 1. The van der Waals surface area contributed by atoms with E-state index in [1.807, 2.05) is 45.0 Å². The summed E-state index contributed by atoms with van der Waals surface area (Å²) in [5.41, 5.74) is 2.66. The van der Waals surface area contributed by atoms with E-state index in [4.69, 9.17) is 16.3 Å². The number of carbonyl (C=O) groups excluding carboxylic acids is 1. The lowest BCUT2D eigenvalue weighted by molar-refractivity contribution is 0.0575. The highest BCUT2D eigenvalue weighted by Crippen LogP contribution is 2.28. The van der Waals surface area contributed by atoms with Gasteiger partial charge in [-0.2, -0.15) is 9.61 Å². The van der Waals surface area contributed by atoms with Crippen LogP contribution in [0.4, 0.5) is 10.6 Å². The molecule has 0 unspecified atom stereocenters. The van der Waals surface area contributed by atoms with Crippen LogP contribution in [0.5, 0.6) is 0 Å². The summed E-state index contributed by atoms with van der Waals surface area (Å²) in [7, 11) is 0. The van der Waals surface area contributed by atoms with Crippen LogP contribution in [0.3, 0.4) is 0 Å². The molecule has 0 radical (unpaired) electrons. The van der Waals surface area contributed by atoms with Gasteiger partial charge in [0, 0.05) is 29.6 Å². The first kappa shape index (κ1) is 23.6. The Balaban J connectivity index is 1.75. The number of benzene rings is 1. The third-order valence-electron chi connectivity index (χ3n) is 5.08. The Morgan fingerprint density at radius 1 is 1.15 bits per heavy atom. The number of hydrogen-bond donors (Lipinski definition) is 0. The molecule has 0 saturated carbocycles. The zero-order valence-electron chi connectivity index (χ0n) is 19.9. The first-order valence-electron chi connectivity index (χ1n) is 11.0. The van der Waals surface area contributed by atoms with E-state index in [-0.39, 0.29) is 17.6 Å². The van der Waals surface area contributed by atoms with Gasteiger partial charge in [-0.25, -0.2) is 19.7 Å². The highest BCUT2D eigenvalue weighted by atomic mass is 35.5. The second-order valence-electron chi connectivity index (χ2n) is 9.26. The number of nitrogens with zero attached hydrogens (tertiary/aromatic N) is 6. The van der Waals surface area contributed by atoms with E-state index in [1.165, 1.54) is 4.90 Å². The van der Waals surface area contributed by atoms with E-state index in [9.17, 15) is 4.79 Å². The van der Waals surface area contributed by atoms with Gasteiger partial charge in [-0.3, -0.25) is 4.90 Å². The predicted octanol–water partition coefficient (Wildman–Crippen LogP) is 5.90. The lowest BCUT2D eigenvalue weighted by Gasteiger charge is -2.27. The maximum absolute atomic E-state index is 13.3. The van der Waals surface area contributed by atoms with Crippen molar-refractivity contribution < 1.29 is 9.53 Å². The molecule has 34 heavy (non-hydrogen) atoms. The molecular formula is C25H27ClN6O2. The van der Waals surface area contributed by atoms with Crippen LogP contribution in [0.25, 0.3) is 17.0 Å². The van der Waals surface area contributed by atoms with Crippen molar-refractivity contribution in [3.63, 3.8) is 0 Å². The molecule has 0 aliphatic rings. The van der Waals surface area contributed by atoms with Crippen LogP contribution < -0.4 is 4.90 Å². The summed E-state index contributed by atoms with van der Waals surface area (Å²) in [6.07, 6.45) is 4.66. The van der Waals surface area contributed by atoms with Crippen LogP contribution in [0, 0.1) is 0 Å². The Labute approximate surface area is 203 Å². The monoisotopic (exact) mass is 478 g/mol. The van der Waals surface area contributed by atoms with Gasteiger partial charge in [0.25, 0.3) is 0 Å². The van der Waals surface area contributed by atoms with E-state index in [0.717, 1.165) is 16.7 Å². The van der Waals surface area contributed by atoms with Crippen molar-refractivity contribution in [3.8, 4) is 11.4 Å². The van der Waals surface area contributed by atoms with Crippen LogP contribution in [0.1, 0.15) is 51.7 Å². The normalized spacial score (nSPS) is 11.7. The summed E-state index contributed by atoms with van der Waals surface area (Å²) < 4.78 is 7.36. The number of aromatic nitrogens is 5. The molecule has 0 aliphatic heterocycles. The minimum atomic E-state index is -0.674. The number of anilines is 1. The predicted molar refractivity (Wildman–Crippen MR) is 132 cm³/mol. The summed E-state index contributed by atoms with van der Waals surface area (Å²) >= 11 is 6.39. The van der Waals surface area contributed by atoms with Gasteiger partial charge >= 0.3 is 6.09 Å².